The summed E-state index contributed by atoms with van der Waals surface area (Å²) in [5.41, 5.74) is 1.07. The van der Waals surface area contributed by atoms with Crippen LogP contribution in [0.25, 0.3) is 0 Å². The first-order valence-electron chi connectivity index (χ1n) is 7.62. The zero-order valence-electron chi connectivity index (χ0n) is 12.4. The quantitative estimate of drug-likeness (QED) is 0.837. The molecule has 5 heteroatoms. The maximum absolute atomic E-state index is 12.5. The number of hydrogen-bond acceptors (Lipinski definition) is 3. The molecular weight excluding hydrogens is 282 g/mol. The highest BCUT2D eigenvalue weighted by molar-refractivity contribution is 5.98. The lowest BCUT2D eigenvalue weighted by molar-refractivity contribution is -0.148. The Morgan fingerprint density at radius 2 is 1.82 bits per heavy atom. The number of amides is 1. The Bertz CT molecular complexity index is 639. The molecule has 1 amide bonds. The van der Waals surface area contributed by atoms with Crippen molar-refractivity contribution >= 4 is 23.3 Å². The maximum atomic E-state index is 12.5. The topological polar surface area (TPSA) is 83.5 Å². The van der Waals surface area contributed by atoms with Crippen molar-refractivity contribution in [1.29, 1.82) is 0 Å². The van der Waals surface area contributed by atoms with Gasteiger partial charge in [-0.3, -0.25) is 14.4 Å². The first-order valence-corrected chi connectivity index (χ1v) is 7.62. The molecule has 0 unspecified atom stereocenters. The summed E-state index contributed by atoms with van der Waals surface area (Å²) in [6.45, 7) is 1.47. The molecule has 5 nitrogen and oxygen atoms in total. The van der Waals surface area contributed by atoms with E-state index >= 15 is 0 Å². The van der Waals surface area contributed by atoms with Crippen LogP contribution in [0.3, 0.4) is 0 Å². The number of rotatable bonds is 4. The fraction of sp³-hybridized carbons (Fsp3) is 0.471. The highest BCUT2D eigenvalue weighted by Gasteiger charge is 2.53. The van der Waals surface area contributed by atoms with Crippen LogP contribution >= 0.6 is 0 Å². The molecule has 0 aliphatic heterocycles. The maximum Gasteiger partial charge on any atom is 0.307 e. The minimum absolute atomic E-state index is 0.0700. The average Bonchev–Trinajstić information content (AvgIpc) is 3.07. The molecule has 0 spiro atoms. The summed E-state index contributed by atoms with van der Waals surface area (Å²) < 4.78 is 0. The van der Waals surface area contributed by atoms with E-state index in [4.69, 9.17) is 0 Å². The van der Waals surface area contributed by atoms with Gasteiger partial charge in [0.25, 0.3) is 0 Å². The van der Waals surface area contributed by atoms with Crippen LogP contribution in [0.15, 0.2) is 24.3 Å². The smallest absolute Gasteiger partial charge is 0.307 e. The number of nitrogens with one attached hydrogen (secondary N) is 1. The van der Waals surface area contributed by atoms with Gasteiger partial charge in [-0.15, -0.1) is 0 Å². The number of carbonyl (C=O) groups is 3. The lowest BCUT2D eigenvalue weighted by atomic mass is 9.78. The van der Waals surface area contributed by atoms with E-state index < -0.39 is 17.8 Å². The van der Waals surface area contributed by atoms with Gasteiger partial charge in [-0.05, 0) is 50.2 Å². The molecule has 1 aromatic rings. The number of carbonyl (C=O) groups excluding carboxylic acids is 2. The van der Waals surface area contributed by atoms with Crippen LogP contribution in [-0.2, 0) is 9.59 Å². The first kappa shape index (κ1) is 14.8. The van der Waals surface area contributed by atoms with Gasteiger partial charge in [-0.1, -0.05) is 12.1 Å². The highest BCUT2D eigenvalue weighted by Crippen LogP contribution is 2.52. The third-order valence-electron chi connectivity index (χ3n) is 5.04. The Labute approximate surface area is 128 Å². The monoisotopic (exact) mass is 301 g/mol. The summed E-state index contributed by atoms with van der Waals surface area (Å²) in [5, 5.41) is 12.2. The molecule has 0 aromatic heterocycles. The van der Waals surface area contributed by atoms with Gasteiger partial charge in [0.15, 0.2) is 5.78 Å². The van der Waals surface area contributed by atoms with Crippen LogP contribution in [0.2, 0.25) is 0 Å². The van der Waals surface area contributed by atoms with Crippen LogP contribution < -0.4 is 5.32 Å². The zero-order valence-corrected chi connectivity index (χ0v) is 12.4. The molecule has 22 heavy (non-hydrogen) atoms. The van der Waals surface area contributed by atoms with Crippen molar-refractivity contribution in [2.24, 2.45) is 23.7 Å². The summed E-state index contributed by atoms with van der Waals surface area (Å²) in [5.74, 6) is -1.92. The van der Waals surface area contributed by atoms with Crippen LogP contribution in [0.5, 0.6) is 0 Å². The van der Waals surface area contributed by atoms with E-state index in [0.717, 1.165) is 19.3 Å². The van der Waals surface area contributed by atoms with Crippen molar-refractivity contribution in [2.75, 3.05) is 5.32 Å². The Morgan fingerprint density at radius 1 is 1.14 bits per heavy atom. The summed E-state index contributed by atoms with van der Waals surface area (Å²) in [7, 11) is 0. The van der Waals surface area contributed by atoms with Crippen molar-refractivity contribution in [2.45, 2.75) is 26.2 Å². The Morgan fingerprint density at radius 3 is 2.45 bits per heavy atom. The third-order valence-corrected chi connectivity index (χ3v) is 5.04. The minimum Gasteiger partial charge on any atom is -0.481 e. The number of aliphatic carboxylic acids is 1. The van der Waals surface area contributed by atoms with E-state index in [9.17, 15) is 19.5 Å². The van der Waals surface area contributed by atoms with Crippen molar-refractivity contribution in [3.8, 4) is 0 Å². The van der Waals surface area contributed by atoms with E-state index in [1.54, 1.807) is 24.3 Å². The van der Waals surface area contributed by atoms with Crippen molar-refractivity contribution in [1.82, 2.24) is 0 Å². The molecule has 0 radical (unpaired) electrons. The Hall–Kier alpha value is -2.17. The fourth-order valence-electron chi connectivity index (χ4n) is 4.07. The van der Waals surface area contributed by atoms with Gasteiger partial charge in [0.2, 0.25) is 5.91 Å². The second kappa shape index (κ2) is 5.55. The number of hydrogen-bond donors (Lipinski definition) is 2. The van der Waals surface area contributed by atoms with Gasteiger partial charge < -0.3 is 10.4 Å². The number of carboxylic acids is 1. The molecule has 2 aliphatic carbocycles. The zero-order chi connectivity index (χ0) is 15.9. The SMILES string of the molecule is CC(=O)c1cccc(NC(=O)[C@@H]2[C@@H]3CC[C@@H](C3)[C@@H]2C(=O)O)c1. The van der Waals surface area contributed by atoms with E-state index in [-0.39, 0.29) is 23.5 Å². The van der Waals surface area contributed by atoms with E-state index in [0.29, 0.717) is 11.3 Å². The lowest BCUT2D eigenvalue weighted by Gasteiger charge is -2.27. The van der Waals surface area contributed by atoms with E-state index in [1.807, 2.05) is 0 Å². The Balaban J connectivity index is 1.78. The molecule has 2 N–H and O–H groups in total. The van der Waals surface area contributed by atoms with Gasteiger partial charge in [0.1, 0.15) is 0 Å². The molecule has 2 bridgehead atoms. The molecule has 2 fully saturated rings. The summed E-state index contributed by atoms with van der Waals surface area (Å²) in [6.07, 6.45) is 2.67. The summed E-state index contributed by atoms with van der Waals surface area (Å²) >= 11 is 0. The van der Waals surface area contributed by atoms with Gasteiger partial charge in [-0.25, -0.2) is 0 Å². The van der Waals surface area contributed by atoms with Crippen molar-refractivity contribution < 1.29 is 19.5 Å². The van der Waals surface area contributed by atoms with Gasteiger partial charge in [0.05, 0.1) is 11.8 Å². The fourth-order valence-corrected chi connectivity index (χ4v) is 4.07. The number of carboxylic acid groups (broad SMARTS) is 1. The lowest BCUT2D eigenvalue weighted by Crippen LogP contribution is -2.37. The van der Waals surface area contributed by atoms with Crippen molar-refractivity contribution in [3.05, 3.63) is 29.8 Å². The number of ketones is 1. The normalized spacial score (nSPS) is 29.3. The molecule has 1 aromatic carbocycles. The minimum atomic E-state index is -0.871. The summed E-state index contributed by atoms with van der Waals surface area (Å²) in [4.78, 5) is 35.4. The number of benzene rings is 1. The molecule has 2 saturated carbocycles. The first-order chi connectivity index (χ1) is 10.5. The van der Waals surface area contributed by atoms with Crippen LogP contribution in [0.4, 0.5) is 5.69 Å². The molecule has 2 aliphatic rings. The molecule has 4 atom stereocenters. The highest BCUT2D eigenvalue weighted by atomic mass is 16.4. The predicted octanol–water partition coefficient (Wildman–Crippen LogP) is 2.57. The van der Waals surface area contributed by atoms with Gasteiger partial charge in [-0.2, -0.15) is 0 Å². The molecule has 3 rings (SSSR count). The number of Topliss-reactive ketones (excluding diaryl/α,β-unsaturated/α-hetero) is 1. The van der Waals surface area contributed by atoms with E-state index in [1.165, 1.54) is 6.92 Å². The Kier molecular flexibility index (Phi) is 3.72. The standard InChI is InChI=1S/C17H19NO4/c1-9(19)10-3-2-4-13(8-10)18-16(20)14-11-5-6-12(7-11)15(14)17(21)22/h2-4,8,11-12,14-15H,5-7H2,1H3,(H,18,20)(H,21,22)/t11-,12+,14-,15+/m1/s1. The second-order valence-corrected chi connectivity index (χ2v) is 6.35. The second-order valence-electron chi connectivity index (χ2n) is 6.35. The van der Waals surface area contributed by atoms with E-state index in [2.05, 4.69) is 5.32 Å². The van der Waals surface area contributed by atoms with Crippen LogP contribution in [-0.4, -0.2) is 22.8 Å². The number of fused-ring (bicyclic) bond motifs is 2. The predicted molar refractivity (Wildman–Crippen MR) is 80.5 cm³/mol. The average molecular weight is 301 g/mol. The summed E-state index contributed by atoms with van der Waals surface area (Å²) in [6, 6.07) is 6.74. The van der Waals surface area contributed by atoms with Crippen molar-refractivity contribution in [3.63, 3.8) is 0 Å². The molecule has 116 valence electrons. The van der Waals surface area contributed by atoms with Gasteiger partial charge >= 0.3 is 5.97 Å². The van der Waals surface area contributed by atoms with Gasteiger partial charge in [0, 0.05) is 11.3 Å². The number of anilines is 1. The molecular formula is C17H19NO4. The molecule has 0 saturated heterocycles. The van der Waals surface area contributed by atoms with Crippen LogP contribution in [0, 0.1) is 23.7 Å². The largest absolute Gasteiger partial charge is 0.481 e. The molecule has 0 heterocycles. The third kappa shape index (κ3) is 2.51. The van der Waals surface area contributed by atoms with Crippen LogP contribution in [0.1, 0.15) is 36.5 Å².